The fourth-order valence-electron chi connectivity index (χ4n) is 2.87. The summed E-state index contributed by atoms with van der Waals surface area (Å²) < 4.78 is 11.1. The molecule has 1 atom stereocenters. The summed E-state index contributed by atoms with van der Waals surface area (Å²) >= 11 is 0. The second-order valence-corrected chi connectivity index (χ2v) is 5.55. The van der Waals surface area contributed by atoms with E-state index in [4.69, 9.17) is 15.6 Å². The number of fused-ring (bicyclic) bond motifs is 1. The van der Waals surface area contributed by atoms with Crippen LogP contribution in [0, 0.1) is 12.3 Å². The first-order chi connectivity index (χ1) is 11.3. The zero-order valence-corrected chi connectivity index (χ0v) is 12.9. The van der Waals surface area contributed by atoms with Crippen LogP contribution in [0.25, 0.3) is 0 Å². The van der Waals surface area contributed by atoms with E-state index in [-0.39, 0.29) is 18.6 Å². The molecule has 4 heteroatoms. The highest BCUT2D eigenvalue weighted by molar-refractivity contribution is 5.77. The van der Waals surface area contributed by atoms with E-state index < -0.39 is 0 Å². The molecule has 0 unspecified atom stereocenters. The summed E-state index contributed by atoms with van der Waals surface area (Å²) in [4.78, 5) is 14.3. The summed E-state index contributed by atoms with van der Waals surface area (Å²) in [6.07, 6.45) is 7.97. The maximum atomic E-state index is 12.6. The number of ether oxygens (including phenoxy) is 1. The van der Waals surface area contributed by atoms with Gasteiger partial charge in [-0.2, -0.15) is 0 Å². The van der Waals surface area contributed by atoms with Gasteiger partial charge in [-0.1, -0.05) is 30.2 Å². The molecule has 0 saturated heterocycles. The van der Waals surface area contributed by atoms with E-state index in [0.717, 1.165) is 17.7 Å². The first kappa shape index (κ1) is 15.4. The van der Waals surface area contributed by atoms with Crippen molar-refractivity contribution in [3.63, 3.8) is 0 Å². The Morgan fingerprint density at radius 2 is 2.17 bits per heavy atom. The SMILES string of the molecule is C#CCN(Cc1ccco1)C(=O)C[C@H]1OCCc2ccccc21. The third kappa shape index (κ3) is 3.64. The van der Waals surface area contributed by atoms with Gasteiger partial charge < -0.3 is 14.1 Å². The number of carbonyl (C=O) groups is 1. The van der Waals surface area contributed by atoms with Crippen LogP contribution in [-0.2, 0) is 22.5 Å². The number of benzene rings is 1. The lowest BCUT2D eigenvalue weighted by Gasteiger charge is -2.28. The van der Waals surface area contributed by atoms with E-state index in [9.17, 15) is 4.79 Å². The Hall–Kier alpha value is -2.51. The van der Waals surface area contributed by atoms with Crippen LogP contribution in [0.3, 0.4) is 0 Å². The number of furan rings is 1. The van der Waals surface area contributed by atoms with Crippen molar-refractivity contribution >= 4 is 5.91 Å². The molecule has 2 aromatic rings. The van der Waals surface area contributed by atoms with E-state index in [1.807, 2.05) is 24.3 Å². The van der Waals surface area contributed by atoms with Crippen molar-refractivity contribution in [2.24, 2.45) is 0 Å². The second kappa shape index (κ2) is 7.17. The molecule has 0 fully saturated rings. The summed E-state index contributed by atoms with van der Waals surface area (Å²) in [5.74, 6) is 3.23. The van der Waals surface area contributed by atoms with Gasteiger partial charge in [0.15, 0.2) is 0 Å². The van der Waals surface area contributed by atoms with E-state index in [1.165, 1.54) is 5.56 Å². The molecule has 1 aromatic heterocycles. The summed E-state index contributed by atoms with van der Waals surface area (Å²) in [7, 11) is 0. The van der Waals surface area contributed by atoms with Gasteiger partial charge in [-0.05, 0) is 29.7 Å². The van der Waals surface area contributed by atoms with Gasteiger partial charge in [0, 0.05) is 0 Å². The van der Waals surface area contributed by atoms with Crippen LogP contribution in [0.5, 0.6) is 0 Å². The number of hydrogen-bond acceptors (Lipinski definition) is 3. The fraction of sp³-hybridized carbons (Fsp3) is 0.316. The summed E-state index contributed by atoms with van der Waals surface area (Å²) in [5, 5.41) is 0. The Morgan fingerprint density at radius 3 is 2.96 bits per heavy atom. The van der Waals surface area contributed by atoms with Gasteiger partial charge in [0.2, 0.25) is 5.91 Å². The quantitative estimate of drug-likeness (QED) is 0.798. The van der Waals surface area contributed by atoms with Crippen LogP contribution < -0.4 is 0 Å². The molecule has 1 aliphatic heterocycles. The minimum absolute atomic E-state index is 0.0268. The molecule has 0 saturated carbocycles. The van der Waals surface area contributed by atoms with Crippen LogP contribution in [0.2, 0.25) is 0 Å². The highest BCUT2D eigenvalue weighted by atomic mass is 16.5. The lowest BCUT2D eigenvalue weighted by Crippen LogP contribution is -2.33. The molecular formula is C19H19NO3. The summed E-state index contributed by atoms with van der Waals surface area (Å²) in [5.41, 5.74) is 2.36. The molecular weight excluding hydrogens is 290 g/mol. The lowest BCUT2D eigenvalue weighted by molar-refractivity contribution is -0.134. The molecule has 2 heterocycles. The smallest absolute Gasteiger partial charge is 0.226 e. The monoisotopic (exact) mass is 309 g/mol. The number of nitrogens with zero attached hydrogens (tertiary/aromatic N) is 1. The maximum Gasteiger partial charge on any atom is 0.226 e. The van der Waals surface area contributed by atoms with E-state index in [2.05, 4.69) is 12.0 Å². The largest absolute Gasteiger partial charge is 0.467 e. The van der Waals surface area contributed by atoms with Crippen LogP contribution in [0.1, 0.15) is 29.4 Å². The van der Waals surface area contributed by atoms with Gasteiger partial charge >= 0.3 is 0 Å². The molecule has 0 spiro atoms. The molecule has 0 aliphatic carbocycles. The van der Waals surface area contributed by atoms with E-state index >= 15 is 0 Å². The van der Waals surface area contributed by atoms with Crippen LogP contribution in [0.15, 0.2) is 47.1 Å². The van der Waals surface area contributed by atoms with Crippen molar-refractivity contribution in [2.75, 3.05) is 13.2 Å². The number of terminal acetylenes is 1. The Kier molecular flexibility index (Phi) is 4.80. The highest BCUT2D eigenvalue weighted by Crippen LogP contribution is 2.30. The fourth-order valence-corrected chi connectivity index (χ4v) is 2.87. The van der Waals surface area contributed by atoms with Crippen molar-refractivity contribution in [2.45, 2.75) is 25.5 Å². The van der Waals surface area contributed by atoms with Crippen LogP contribution in [0.4, 0.5) is 0 Å². The number of amides is 1. The molecule has 0 bridgehead atoms. The Labute approximate surface area is 136 Å². The Morgan fingerprint density at radius 1 is 1.30 bits per heavy atom. The van der Waals surface area contributed by atoms with Crippen molar-refractivity contribution in [1.29, 1.82) is 0 Å². The molecule has 1 aliphatic rings. The number of rotatable bonds is 5. The van der Waals surface area contributed by atoms with Crippen LogP contribution in [-0.4, -0.2) is 24.0 Å². The average molecular weight is 309 g/mol. The van der Waals surface area contributed by atoms with Crippen molar-refractivity contribution < 1.29 is 13.9 Å². The van der Waals surface area contributed by atoms with Gasteiger partial charge in [-0.25, -0.2) is 0 Å². The number of carbonyl (C=O) groups excluding carboxylic acids is 1. The van der Waals surface area contributed by atoms with Crippen LogP contribution >= 0.6 is 0 Å². The normalized spacial score (nSPS) is 16.4. The Bertz CT molecular complexity index is 700. The van der Waals surface area contributed by atoms with Gasteiger partial charge in [0.1, 0.15) is 5.76 Å². The molecule has 3 rings (SSSR count). The first-order valence-corrected chi connectivity index (χ1v) is 7.71. The summed E-state index contributed by atoms with van der Waals surface area (Å²) in [6, 6.07) is 11.8. The van der Waals surface area contributed by atoms with Gasteiger partial charge in [-0.3, -0.25) is 4.79 Å². The molecule has 0 N–H and O–H groups in total. The van der Waals surface area contributed by atoms with Crippen molar-refractivity contribution in [3.8, 4) is 12.3 Å². The van der Waals surface area contributed by atoms with E-state index in [1.54, 1.807) is 17.2 Å². The standard InChI is InChI=1S/C19H19NO3/c1-2-10-20(14-16-7-5-11-22-16)19(21)13-18-17-8-4-3-6-15(17)9-12-23-18/h1,3-8,11,18H,9-10,12-14H2/t18-/m1/s1. The lowest BCUT2D eigenvalue weighted by atomic mass is 9.95. The highest BCUT2D eigenvalue weighted by Gasteiger charge is 2.25. The van der Waals surface area contributed by atoms with Gasteiger partial charge in [0.05, 0.1) is 38.5 Å². The van der Waals surface area contributed by atoms with Gasteiger partial charge in [-0.15, -0.1) is 6.42 Å². The topological polar surface area (TPSA) is 42.7 Å². The number of hydrogen-bond donors (Lipinski definition) is 0. The maximum absolute atomic E-state index is 12.6. The minimum Gasteiger partial charge on any atom is -0.467 e. The molecule has 0 radical (unpaired) electrons. The zero-order chi connectivity index (χ0) is 16.1. The molecule has 23 heavy (non-hydrogen) atoms. The third-order valence-corrected chi connectivity index (χ3v) is 4.01. The van der Waals surface area contributed by atoms with E-state index in [0.29, 0.717) is 19.6 Å². The van der Waals surface area contributed by atoms with Gasteiger partial charge in [0.25, 0.3) is 0 Å². The predicted molar refractivity (Wildman–Crippen MR) is 86.4 cm³/mol. The Balaban J connectivity index is 1.71. The first-order valence-electron chi connectivity index (χ1n) is 7.71. The molecule has 4 nitrogen and oxygen atoms in total. The average Bonchev–Trinajstić information content (AvgIpc) is 3.08. The molecule has 118 valence electrons. The zero-order valence-electron chi connectivity index (χ0n) is 12.9. The third-order valence-electron chi connectivity index (χ3n) is 4.01. The molecule has 1 aromatic carbocycles. The minimum atomic E-state index is -0.204. The van der Waals surface area contributed by atoms with Crippen molar-refractivity contribution in [1.82, 2.24) is 4.90 Å². The second-order valence-electron chi connectivity index (χ2n) is 5.55. The molecule has 1 amide bonds. The predicted octanol–water partition coefficient (Wildman–Crippen LogP) is 2.95. The summed E-state index contributed by atoms with van der Waals surface area (Å²) in [6.45, 7) is 1.28. The van der Waals surface area contributed by atoms with Crippen molar-refractivity contribution in [3.05, 3.63) is 59.5 Å².